The molecule has 1 saturated heterocycles. The minimum absolute atomic E-state index is 0.262. The van der Waals surface area contributed by atoms with Crippen molar-refractivity contribution in [1.29, 1.82) is 0 Å². The molecule has 0 radical (unpaired) electrons. The molecule has 2 aromatic rings. The van der Waals surface area contributed by atoms with Gasteiger partial charge in [-0.15, -0.1) is 0 Å². The van der Waals surface area contributed by atoms with Crippen molar-refractivity contribution >= 4 is 41.3 Å². The standard InChI is InChI=1S/C16H20BN3O5/c1-9(21)19-13-6-10-11(8-20(14(22)23)12(10)7-18-13)17-24-15(2,3)16(4,5)25-17/h6-8H,1-5H3,(H,22,23)(H,18,19,21). The molecule has 0 spiro atoms. The number of hydrogen-bond acceptors (Lipinski definition) is 5. The highest BCUT2D eigenvalue weighted by Gasteiger charge is 2.52. The van der Waals surface area contributed by atoms with Crippen LogP contribution in [0.5, 0.6) is 0 Å². The molecule has 1 aliphatic rings. The Morgan fingerprint density at radius 2 is 1.84 bits per heavy atom. The molecule has 25 heavy (non-hydrogen) atoms. The van der Waals surface area contributed by atoms with Crippen LogP contribution in [0.3, 0.4) is 0 Å². The van der Waals surface area contributed by atoms with E-state index in [1.54, 1.807) is 6.07 Å². The van der Waals surface area contributed by atoms with Crippen LogP contribution in [0.25, 0.3) is 10.9 Å². The number of carbonyl (C=O) groups excluding carboxylic acids is 1. The lowest BCUT2D eigenvalue weighted by molar-refractivity contribution is -0.114. The minimum atomic E-state index is -1.14. The van der Waals surface area contributed by atoms with E-state index in [0.717, 1.165) is 4.57 Å². The molecule has 8 nitrogen and oxygen atoms in total. The fraction of sp³-hybridized carbons (Fsp3) is 0.438. The Bertz CT molecular complexity index is 858. The number of aromatic nitrogens is 2. The molecular weight excluding hydrogens is 325 g/mol. The van der Waals surface area contributed by atoms with E-state index in [1.165, 1.54) is 19.3 Å². The van der Waals surface area contributed by atoms with Gasteiger partial charge in [0.2, 0.25) is 5.91 Å². The van der Waals surface area contributed by atoms with Crippen molar-refractivity contribution in [3.63, 3.8) is 0 Å². The Morgan fingerprint density at radius 1 is 1.24 bits per heavy atom. The number of hydrogen-bond donors (Lipinski definition) is 2. The number of amides is 1. The van der Waals surface area contributed by atoms with Crippen molar-refractivity contribution < 1.29 is 24.0 Å². The van der Waals surface area contributed by atoms with Gasteiger partial charge in [0.25, 0.3) is 0 Å². The van der Waals surface area contributed by atoms with Crippen LogP contribution in [0.2, 0.25) is 0 Å². The van der Waals surface area contributed by atoms with Crippen molar-refractivity contribution in [3.05, 3.63) is 18.5 Å². The lowest BCUT2D eigenvalue weighted by atomic mass is 9.79. The summed E-state index contributed by atoms with van der Waals surface area (Å²) < 4.78 is 13.1. The number of rotatable bonds is 2. The summed E-state index contributed by atoms with van der Waals surface area (Å²) in [5, 5.41) is 12.6. The molecule has 2 N–H and O–H groups in total. The number of nitrogens with one attached hydrogen (secondary N) is 1. The topological polar surface area (TPSA) is 103 Å². The van der Waals surface area contributed by atoms with Gasteiger partial charge in [-0.25, -0.2) is 9.78 Å². The van der Waals surface area contributed by atoms with Gasteiger partial charge in [0.15, 0.2) is 0 Å². The lowest BCUT2D eigenvalue weighted by Gasteiger charge is -2.32. The van der Waals surface area contributed by atoms with Gasteiger partial charge in [-0.2, -0.15) is 0 Å². The molecule has 1 aliphatic heterocycles. The average Bonchev–Trinajstić information content (AvgIpc) is 2.93. The van der Waals surface area contributed by atoms with Gasteiger partial charge in [-0.3, -0.25) is 9.36 Å². The first-order valence-corrected chi connectivity index (χ1v) is 7.89. The number of nitrogens with zero attached hydrogens (tertiary/aromatic N) is 2. The van der Waals surface area contributed by atoms with Crippen LogP contribution in [0, 0.1) is 0 Å². The molecule has 9 heteroatoms. The highest BCUT2D eigenvalue weighted by molar-refractivity contribution is 6.65. The van der Waals surface area contributed by atoms with E-state index >= 15 is 0 Å². The molecule has 0 aliphatic carbocycles. The largest absolute Gasteiger partial charge is 0.497 e. The van der Waals surface area contributed by atoms with Gasteiger partial charge in [-0.05, 0) is 33.8 Å². The first-order chi connectivity index (χ1) is 11.5. The average molecular weight is 345 g/mol. The van der Waals surface area contributed by atoms with Gasteiger partial charge in [0.1, 0.15) is 5.82 Å². The van der Waals surface area contributed by atoms with E-state index in [0.29, 0.717) is 22.2 Å². The van der Waals surface area contributed by atoms with E-state index in [-0.39, 0.29) is 5.91 Å². The highest BCUT2D eigenvalue weighted by Crippen LogP contribution is 2.37. The zero-order valence-electron chi connectivity index (χ0n) is 14.8. The minimum Gasteiger partial charge on any atom is -0.464 e. The molecule has 0 aromatic carbocycles. The van der Waals surface area contributed by atoms with Crippen molar-refractivity contribution in [3.8, 4) is 0 Å². The summed E-state index contributed by atoms with van der Waals surface area (Å²) >= 11 is 0. The van der Waals surface area contributed by atoms with E-state index in [4.69, 9.17) is 9.31 Å². The zero-order valence-corrected chi connectivity index (χ0v) is 14.8. The quantitative estimate of drug-likeness (QED) is 0.805. The van der Waals surface area contributed by atoms with Crippen molar-refractivity contribution in [1.82, 2.24) is 9.55 Å². The Kier molecular flexibility index (Phi) is 3.88. The molecule has 1 fully saturated rings. The van der Waals surface area contributed by atoms with E-state index < -0.39 is 24.4 Å². The third-order valence-corrected chi connectivity index (χ3v) is 4.74. The lowest BCUT2D eigenvalue weighted by Crippen LogP contribution is -2.41. The molecule has 3 rings (SSSR count). The molecular formula is C16H20BN3O5. The number of carboxylic acid groups (broad SMARTS) is 1. The summed E-state index contributed by atoms with van der Waals surface area (Å²) in [6.07, 6.45) is 1.74. The Hall–Kier alpha value is -2.39. The maximum atomic E-state index is 11.5. The smallest absolute Gasteiger partial charge is 0.464 e. The number of fused-ring (bicyclic) bond motifs is 1. The summed E-state index contributed by atoms with van der Waals surface area (Å²) in [7, 11) is -0.722. The fourth-order valence-corrected chi connectivity index (χ4v) is 2.71. The Morgan fingerprint density at radius 3 is 2.36 bits per heavy atom. The molecule has 2 aromatic heterocycles. The summed E-state index contributed by atoms with van der Waals surface area (Å²) in [6, 6.07) is 1.62. The van der Waals surface area contributed by atoms with Crippen LogP contribution in [-0.4, -0.2) is 45.0 Å². The molecule has 1 amide bonds. The highest BCUT2D eigenvalue weighted by atomic mass is 16.7. The second-order valence-electron chi connectivity index (χ2n) is 7.09. The number of pyridine rings is 1. The number of anilines is 1. The third kappa shape index (κ3) is 2.89. The SMILES string of the molecule is CC(=O)Nc1cc2c(B3OC(C)(C)C(C)(C)O3)cn(C(=O)O)c2cn1. The second kappa shape index (κ2) is 5.57. The molecule has 0 bridgehead atoms. The van der Waals surface area contributed by atoms with Crippen LogP contribution in [0.15, 0.2) is 18.5 Å². The maximum absolute atomic E-state index is 11.5. The van der Waals surface area contributed by atoms with Crippen molar-refractivity contribution in [2.75, 3.05) is 5.32 Å². The predicted molar refractivity (Wildman–Crippen MR) is 93.2 cm³/mol. The van der Waals surface area contributed by atoms with E-state index in [1.807, 2.05) is 27.7 Å². The van der Waals surface area contributed by atoms with Crippen LogP contribution >= 0.6 is 0 Å². The third-order valence-electron chi connectivity index (χ3n) is 4.74. The zero-order chi connectivity index (χ0) is 18.6. The van der Waals surface area contributed by atoms with Gasteiger partial charge >= 0.3 is 13.2 Å². The van der Waals surface area contributed by atoms with E-state index in [2.05, 4.69) is 10.3 Å². The Balaban J connectivity index is 2.14. The fourth-order valence-electron chi connectivity index (χ4n) is 2.71. The van der Waals surface area contributed by atoms with Gasteiger partial charge in [0, 0.05) is 24.0 Å². The normalized spacial score (nSPS) is 18.5. The molecule has 3 heterocycles. The predicted octanol–water partition coefficient (Wildman–Crippen LogP) is 1.82. The van der Waals surface area contributed by atoms with Gasteiger partial charge in [-0.1, -0.05) is 0 Å². The van der Waals surface area contributed by atoms with E-state index in [9.17, 15) is 14.7 Å². The van der Waals surface area contributed by atoms with Crippen molar-refractivity contribution in [2.24, 2.45) is 0 Å². The van der Waals surface area contributed by atoms with Crippen LogP contribution in [0.1, 0.15) is 34.6 Å². The first kappa shape index (κ1) is 17.4. The second-order valence-corrected chi connectivity index (χ2v) is 7.09. The first-order valence-electron chi connectivity index (χ1n) is 7.89. The summed E-state index contributed by atoms with van der Waals surface area (Å²) in [5.74, 6) is 0.0719. The summed E-state index contributed by atoms with van der Waals surface area (Å²) in [5.41, 5.74) is -0.137. The summed E-state index contributed by atoms with van der Waals surface area (Å²) in [4.78, 5) is 26.9. The van der Waals surface area contributed by atoms with Crippen molar-refractivity contribution in [2.45, 2.75) is 45.8 Å². The van der Waals surface area contributed by atoms with Gasteiger partial charge < -0.3 is 19.7 Å². The molecule has 0 atom stereocenters. The molecule has 0 unspecified atom stereocenters. The van der Waals surface area contributed by atoms with Gasteiger partial charge in [0.05, 0.1) is 22.9 Å². The van der Waals surface area contributed by atoms with Crippen LogP contribution in [-0.2, 0) is 14.1 Å². The monoisotopic (exact) mass is 345 g/mol. The van der Waals surface area contributed by atoms with Crippen LogP contribution < -0.4 is 10.8 Å². The number of carbonyl (C=O) groups is 2. The maximum Gasteiger partial charge on any atom is 0.497 e. The van der Waals surface area contributed by atoms with Crippen LogP contribution in [0.4, 0.5) is 10.6 Å². The summed E-state index contributed by atoms with van der Waals surface area (Å²) in [6.45, 7) is 9.08. The Labute approximate surface area is 145 Å². The molecule has 132 valence electrons. The molecule has 0 saturated carbocycles.